The number of aryl methyl sites for hydroxylation is 1. The third-order valence-corrected chi connectivity index (χ3v) is 4.45. The lowest BCUT2D eigenvalue weighted by Gasteiger charge is -2.26. The first-order valence-corrected chi connectivity index (χ1v) is 7.84. The number of methoxy groups -OCH3 is 1. The summed E-state index contributed by atoms with van der Waals surface area (Å²) < 4.78 is 6.33. The fraction of sp³-hybridized carbons (Fsp3) is 0.688. The predicted molar refractivity (Wildman–Crippen MR) is 82.6 cm³/mol. The van der Waals surface area contributed by atoms with Gasteiger partial charge in [0.05, 0.1) is 18.5 Å². The first-order chi connectivity index (χ1) is 10.4. The maximum Gasteiger partial charge on any atom is 0.341 e. The highest BCUT2D eigenvalue weighted by Gasteiger charge is 2.22. The van der Waals surface area contributed by atoms with Crippen molar-refractivity contribution in [1.82, 2.24) is 15.1 Å². The maximum absolute atomic E-state index is 12.2. The van der Waals surface area contributed by atoms with Gasteiger partial charge in [-0.15, -0.1) is 0 Å². The predicted octanol–water partition coefficient (Wildman–Crippen LogP) is 1.98. The number of carbonyl (C=O) groups excluding carboxylic acids is 2. The van der Waals surface area contributed by atoms with E-state index in [1.165, 1.54) is 7.11 Å². The van der Waals surface area contributed by atoms with E-state index in [1.807, 2.05) is 0 Å². The molecule has 0 atom stereocenters. The highest BCUT2D eigenvalue weighted by atomic mass is 16.5. The number of nitrogens with zero attached hydrogens (tertiary/aromatic N) is 2. The van der Waals surface area contributed by atoms with Crippen LogP contribution < -0.4 is 5.32 Å². The molecule has 0 spiro atoms. The Kier molecular flexibility index (Phi) is 5.21. The van der Waals surface area contributed by atoms with Crippen molar-refractivity contribution in [1.29, 1.82) is 0 Å². The highest BCUT2D eigenvalue weighted by molar-refractivity contribution is 5.91. The van der Waals surface area contributed by atoms with Crippen LogP contribution in [0.2, 0.25) is 0 Å². The lowest BCUT2D eigenvalue weighted by atomic mass is 9.87. The molecule has 1 aliphatic carbocycles. The molecule has 1 aromatic heterocycles. The Labute approximate surface area is 131 Å². The topological polar surface area (TPSA) is 73.2 Å². The van der Waals surface area contributed by atoms with Crippen LogP contribution in [0.15, 0.2) is 0 Å². The van der Waals surface area contributed by atoms with E-state index >= 15 is 0 Å². The molecule has 0 radical (unpaired) electrons. The van der Waals surface area contributed by atoms with Crippen molar-refractivity contribution in [3.8, 4) is 0 Å². The maximum atomic E-state index is 12.2. The lowest BCUT2D eigenvalue weighted by Crippen LogP contribution is -2.39. The Hall–Kier alpha value is -1.85. The SMILES string of the molecule is COC(=O)c1c(C)nn(CC(=O)NC2CCC(C)CC2)c1C. The number of aromatic nitrogens is 2. The molecule has 1 heterocycles. The van der Waals surface area contributed by atoms with E-state index < -0.39 is 5.97 Å². The molecule has 0 unspecified atom stereocenters. The average molecular weight is 307 g/mol. The van der Waals surface area contributed by atoms with Crippen molar-refractivity contribution in [2.45, 2.75) is 59.0 Å². The summed E-state index contributed by atoms with van der Waals surface area (Å²) >= 11 is 0. The molecular formula is C16H25N3O3. The second-order valence-corrected chi connectivity index (χ2v) is 6.22. The van der Waals surface area contributed by atoms with E-state index in [0.717, 1.165) is 31.6 Å². The second-order valence-electron chi connectivity index (χ2n) is 6.22. The lowest BCUT2D eigenvalue weighted by molar-refractivity contribution is -0.122. The Balaban J connectivity index is 1.99. The fourth-order valence-electron chi connectivity index (χ4n) is 3.06. The number of rotatable bonds is 4. The van der Waals surface area contributed by atoms with E-state index in [0.29, 0.717) is 17.0 Å². The van der Waals surface area contributed by atoms with Crippen LogP contribution in [0, 0.1) is 19.8 Å². The van der Waals surface area contributed by atoms with Crippen molar-refractivity contribution in [3.63, 3.8) is 0 Å². The van der Waals surface area contributed by atoms with Crippen LogP contribution in [0.1, 0.15) is 54.4 Å². The standard InChI is InChI=1S/C16H25N3O3/c1-10-5-7-13(8-6-10)17-14(20)9-19-12(3)15(11(2)18-19)16(21)22-4/h10,13H,5-9H2,1-4H3,(H,17,20). The zero-order chi connectivity index (χ0) is 16.3. The number of nitrogens with one attached hydrogen (secondary N) is 1. The number of carbonyl (C=O) groups is 2. The van der Waals surface area contributed by atoms with Crippen molar-refractivity contribution in [2.24, 2.45) is 5.92 Å². The fourth-order valence-corrected chi connectivity index (χ4v) is 3.06. The summed E-state index contributed by atoms with van der Waals surface area (Å²) in [5.74, 6) is 0.288. The Bertz CT molecular complexity index is 557. The molecule has 1 fully saturated rings. The van der Waals surface area contributed by atoms with Gasteiger partial charge in [0.15, 0.2) is 0 Å². The van der Waals surface area contributed by atoms with Crippen molar-refractivity contribution in [2.75, 3.05) is 7.11 Å². The molecule has 1 aliphatic rings. The van der Waals surface area contributed by atoms with Crippen LogP contribution in [-0.2, 0) is 16.1 Å². The molecule has 22 heavy (non-hydrogen) atoms. The summed E-state index contributed by atoms with van der Waals surface area (Å²) in [6.07, 6.45) is 4.41. The summed E-state index contributed by atoms with van der Waals surface area (Å²) in [7, 11) is 1.34. The number of ether oxygens (including phenoxy) is 1. The van der Waals surface area contributed by atoms with Crippen LogP contribution >= 0.6 is 0 Å². The molecule has 1 N–H and O–H groups in total. The minimum absolute atomic E-state index is 0.0541. The van der Waals surface area contributed by atoms with Gasteiger partial charge in [-0.3, -0.25) is 9.48 Å². The van der Waals surface area contributed by atoms with Gasteiger partial charge in [-0.05, 0) is 45.4 Å². The minimum Gasteiger partial charge on any atom is -0.465 e. The third kappa shape index (κ3) is 3.67. The molecule has 0 bridgehead atoms. The number of amides is 1. The van der Waals surface area contributed by atoms with E-state index in [2.05, 4.69) is 17.3 Å². The largest absolute Gasteiger partial charge is 0.465 e. The van der Waals surface area contributed by atoms with Gasteiger partial charge in [0.25, 0.3) is 0 Å². The van der Waals surface area contributed by atoms with Gasteiger partial charge in [0, 0.05) is 6.04 Å². The molecule has 122 valence electrons. The monoisotopic (exact) mass is 307 g/mol. The van der Waals surface area contributed by atoms with Crippen LogP contribution in [0.25, 0.3) is 0 Å². The molecule has 1 saturated carbocycles. The number of hydrogen-bond acceptors (Lipinski definition) is 4. The Morgan fingerprint density at radius 2 is 1.91 bits per heavy atom. The molecule has 6 nitrogen and oxygen atoms in total. The molecule has 1 amide bonds. The van der Waals surface area contributed by atoms with Gasteiger partial charge >= 0.3 is 5.97 Å². The van der Waals surface area contributed by atoms with E-state index in [4.69, 9.17) is 4.74 Å². The Morgan fingerprint density at radius 1 is 1.27 bits per heavy atom. The van der Waals surface area contributed by atoms with E-state index in [9.17, 15) is 9.59 Å². The van der Waals surface area contributed by atoms with Crippen LogP contribution in [0.3, 0.4) is 0 Å². The number of esters is 1. The summed E-state index contributed by atoms with van der Waals surface area (Å²) in [5.41, 5.74) is 1.70. The first kappa shape index (κ1) is 16.5. The van der Waals surface area contributed by atoms with Gasteiger partial charge < -0.3 is 10.1 Å². The first-order valence-electron chi connectivity index (χ1n) is 7.84. The average Bonchev–Trinajstić information content (AvgIpc) is 2.75. The molecule has 0 aliphatic heterocycles. The quantitative estimate of drug-likeness (QED) is 0.863. The smallest absolute Gasteiger partial charge is 0.341 e. The second kappa shape index (κ2) is 6.94. The van der Waals surface area contributed by atoms with E-state index in [-0.39, 0.29) is 18.5 Å². The van der Waals surface area contributed by atoms with Gasteiger partial charge in [0.1, 0.15) is 12.1 Å². The molecule has 0 aromatic carbocycles. The van der Waals surface area contributed by atoms with Crippen molar-refractivity contribution >= 4 is 11.9 Å². The molecule has 0 saturated heterocycles. The van der Waals surface area contributed by atoms with Crippen molar-refractivity contribution in [3.05, 3.63) is 17.0 Å². The molecule has 6 heteroatoms. The Morgan fingerprint density at radius 3 is 2.50 bits per heavy atom. The molecule has 1 aromatic rings. The van der Waals surface area contributed by atoms with Crippen LogP contribution in [0.4, 0.5) is 0 Å². The molecule has 2 rings (SSSR count). The van der Waals surface area contributed by atoms with Crippen molar-refractivity contribution < 1.29 is 14.3 Å². The zero-order valence-electron chi connectivity index (χ0n) is 13.8. The van der Waals surface area contributed by atoms with E-state index in [1.54, 1.807) is 18.5 Å². The summed E-state index contributed by atoms with van der Waals surface area (Å²) in [6, 6.07) is 0.265. The van der Waals surface area contributed by atoms with Crippen LogP contribution in [0.5, 0.6) is 0 Å². The van der Waals surface area contributed by atoms with Crippen LogP contribution in [-0.4, -0.2) is 34.8 Å². The van der Waals surface area contributed by atoms with Gasteiger partial charge in [-0.2, -0.15) is 5.10 Å². The third-order valence-electron chi connectivity index (χ3n) is 4.45. The van der Waals surface area contributed by atoms with Gasteiger partial charge in [-0.1, -0.05) is 6.92 Å². The summed E-state index contributed by atoms with van der Waals surface area (Å²) in [4.78, 5) is 23.9. The minimum atomic E-state index is -0.414. The zero-order valence-corrected chi connectivity index (χ0v) is 13.8. The van der Waals surface area contributed by atoms with Gasteiger partial charge in [0.2, 0.25) is 5.91 Å². The summed E-state index contributed by atoms with van der Waals surface area (Å²) in [5, 5.41) is 7.35. The summed E-state index contributed by atoms with van der Waals surface area (Å²) in [6.45, 7) is 5.91. The van der Waals surface area contributed by atoms with Gasteiger partial charge in [-0.25, -0.2) is 4.79 Å². The molecular weight excluding hydrogens is 282 g/mol. The number of hydrogen-bond donors (Lipinski definition) is 1. The normalized spacial score (nSPS) is 21.5. The highest BCUT2D eigenvalue weighted by Crippen LogP contribution is 2.23.